The third-order valence-electron chi connectivity index (χ3n) is 4.51. The van der Waals surface area contributed by atoms with Crippen LogP contribution in [0, 0.1) is 0 Å². The molecule has 0 bridgehead atoms. The topological polar surface area (TPSA) is 135 Å². The van der Waals surface area contributed by atoms with E-state index in [2.05, 4.69) is 15.3 Å². The number of nitrogens with two attached hydrogens (primary N) is 3. The minimum atomic E-state index is -0.544. The second-order valence-corrected chi connectivity index (χ2v) is 6.20. The van der Waals surface area contributed by atoms with Crippen LogP contribution in [0.2, 0.25) is 0 Å². The van der Waals surface area contributed by atoms with Crippen LogP contribution >= 0.6 is 0 Å². The Morgan fingerprint density at radius 2 is 1.83 bits per heavy atom. The zero-order chi connectivity index (χ0) is 17.2. The molecular weight excluding hydrogens is 306 g/mol. The standard InChI is InChI=1S/C16H23N7O/c17-13-21-14(18)23(16(22-13)8-2-1-3-9-16)12-6-4-11(5-7-12)10-20-15(19)24/h4-7H,1-3,8-10H2,(H3,19,20,24)(H4,17,18,21,22). The molecule has 7 N–H and O–H groups in total. The van der Waals surface area contributed by atoms with E-state index in [1.165, 1.54) is 6.42 Å². The molecule has 0 unspecified atom stereocenters. The molecule has 128 valence electrons. The smallest absolute Gasteiger partial charge is 0.312 e. The summed E-state index contributed by atoms with van der Waals surface area (Å²) in [7, 11) is 0. The maximum Gasteiger partial charge on any atom is 0.312 e. The Morgan fingerprint density at radius 3 is 2.46 bits per heavy atom. The lowest BCUT2D eigenvalue weighted by molar-refractivity contribution is 0.248. The van der Waals surface area contributed by atoms with Crippen molar-refractivity contribution >= 4 is 23.6 Å². The van der Waals surface area contributed by atoms with Gasteiger partial charge in [0.15, 0.2) is 0 Å². The maximum atomic E-state index is 10.8. The molecule has 0 radical (unpaired) electrons. The molecule has 1 aliphatic heterocycles. The summed E-state index contributed by atoms with van der Waals surface area (Å²) < 4.78 is 0. The minimum absolute atomic E-state index is 0.243. The van der Waals surface area contributed by atoms with Crippen LogP contribution in [0.15, 0.2) is 34.3 Å². The predicted molar refractivity (Wildman–Crippen MR) is 94.4 cm³/mol. The van der Waals surface area contributed by atoms with Gasteiger partial charge in [0.1, 0.15) is 5.66 Å². The number of anilines is 1. The quantitative estimate of drug-likeness (QED) is 0.657. The van der Waals surface area contributed by atoms with Crippen LogP contribution in [0.5, 0.6) is 0 Å². The fourth-order valence-electron chi connectivity index (χ4n) is 3.45. The molecule has 1 spiro atoms. The van der Waals surface area contributed by atoms with Crippen molar-refractivity contribution in [3.63, 3.8) is 0 Å². The summed E-state index contributed by atoms with van der Waals surface area (Å²) in [4.78, 5) is 21.6. The van der Waals surface area contributed by atoms with Crippen molar-refractivity contribution in [1.29, 1.82) is 0 Å². The summed E-state index contributed by atoms with van der Waals surface area (Å²) in [5, 5.41) is 2.57. The van der Waals surface area contributed by atoms with E-state index in [0.717, 1.165) is 36.9 Å². The first-order valence-electron chi connectivity index (χ1n) is 8.12. The number of benzene rings is 1. The van der Waals surface area contributed by atoms with Gasteiger partial charge in [0.05, 0.1) is 0 Å². The van der Waals surface area contributed by atoms with Crippen LogP contribution in [-0.4, -0.2) is 23.6 Å². The molecule has 1 heterocycles. The lowest BCUT2D eigenvalue weighted by Crippen LogP contribution is -2.58. The Morgan fingerprint density at radius 1 is 1.17 bits per heavy atom. The highest BCUT2D eigenvalue weighted by Crippen LogP contribution is 2.39. The van der Waals surface area contributed by atoms with Crippen LogP contribution in [0.4, 0.5) is 10.5 Å². The van der Waals surface area contributed by atoms with Gasteiger partial charge in [0.25, 0.3) is 0 Å². The highest BCUT2D eigenvalue weighted by molar-refractivity contribution is 6.05. The van der Waals surface area contributed by atoms with E-state index in [1.54, 1.807) is 0 Å². The van der Waals surface area contributed by atoms with E-state index >= 15 is 0 Å². The molecular formula is C16H23N7O. The zero-order valence-electron chi connectivity index (χ0n) is 13.5. The number of nitrogens with zero attached hydrogens (tertiary/aromatic N) is 3. The maximum absolute atomic E-state index is 10.8. The second-order valence-electron chi connectivity index (χ2n) is 6.20. The minimum Gasteiger partial charge on any atom is -0.369 e. The van der Waals surface area contributed by atoms with Gasteiger partial charge in [-0.3, -0.25) is 4.90 Å². The van der Waals surface area contributed by atoms with Crippen molar-refractivity contribution in [3.8, 4) is 0 Å². The van der Waals surface area contributed by atoms with Gasteiger partial charge in [0.2, 0.25) is 11.9 Å². The van der Waals surface area contributed by atoms with E-state index in [4.69, 9.17) is 17.2 Å². The van der Waals surface area contributed by atoms with Gasteiger partial charge in [-0.15, -0.1) is 0 Å². The van der Waals surface area contributed by atoms with Gasteiger partial charge in [-0.1, -0.05) is 18.6 Å². The summed E-state index contributed by atoms with van der Waals surface area (Å²) in [6, 6.07) is 7.21. The Labute approximate surface area is 140 Å². The lowest BCUT2D eigenvalue weighted by atomic mass is 9.87. The van der Waals surface area contributed by atoms with Crippen molar-refractivity contribution in [3.05, 3.63) is 29.8 Å². The molecule has 0 aromatic heterocycles. The molecule has 0 saturated heterocycles. The number of aliphatic imine (C=N–C) groups is 2. The number of rotatable bonds is 3. The Bertz CT molecular complexity index is 674. The van der Waals surface area contributed by atoms with Gasteiger partial charge in [0, 0.05) is 12.2 Å². The summed E-state index contributed by atoms with van der Waals surface area (Å²) in [6.45, 7) is 0.384. The average molecular weight is 329 g/mol. The highest BCUT2D eigenvalue weighted by atomic mass is 16.2. The number of hydrogen-bond donors (Lipinski definition) is 4. The number of guanidine groups is 2. The van der Waals surface area contributed by atoms with Crippen LogP contribution in [0.3, 0.4) is 0 Å². The highest BCUT2D eigenvalue weighted by Gasteiger charge is 2.42. The van der Waals surface area contributed by atoms with Crippen molar-refractivity contribution in [2.75, 3.05) is 4.90 Å². The van der Waals surface area contributed by atoms with Crippen molar-refractivity contribution in [2.24, 2.45) is 27.2 Å². The first kappa shape index (κ1) is 16.1. The number of amides is 2. The van der Waals surface area contributed by atoms with Crippen LogP contribution in [0.1, 0.15) is 37.7 Å². The number of carbonyl (C=O) groups excluding carboxylic acids is 1. The van der Waals surface area contributed by atoms with E-state index in [-0.39, 0.29) is 5.96 Å². The molecule has 0 atom stereocenters. The number of carbonyl (C=O) groups is 1. The first-order chi connectivity index (χ1) is 11.5. The number of urea groups is 1. The molecule has 2 aliphatic rings. The number of nitrogens with one attached hydrogen (secondary N) is 1. The number of hydrogen-bond acceptors (Lipinski definition) is 6. The number of primary amides is 1. The Hall–Kier alpha value is -2.77. The van der Waals surface area contributed by atoms with Gasteiger partial charge in [-0.05, 0) is 43.4 Å². The molecule has 1 aliphatic carbocycles. The van der Waals surface area contributed by atoms with Gasteiger partial charge >= 0.3 is 6.03 Å². The van der Waals surface area contributed by atoms with E-state index in [1.807, 2.05) is 29.2 Å². The van der Waals surface area contributed by atoms with E-state index < -0.39 is 11.7 Å². The fourth-order valence-corrected chi connectivity index (χ4v) is 3.45. The van der Waals surface area contributed by atoms with Gasteiger partial charge < -0.3 is 22.5 Å². The van der Waals surface area contributed by atoms with Crippen molar-refractivity contribution in [1.82, 2.24) is 5.32 Å². The molecule has 24 heavy (non-hydrogen) atoms. The van der Waals surface area contributed by atoms with E-state index in [0.29, 0.717) is 12.5 Å². The molecule has 8 nitrogen and oxygen atoms in total. The lowest BCUT2D eigenvalue weighted by Gasteiger charge is -2.45. The van der Waals surface area contributed by atoms with Crippen LogP contribution in [-0.2, 0) is 6.54 Å². The molecule has 1 aromatic rings. The SMILES string of the molecule is NC(=O)NCc1ccc(N2C(N)=NC(N)=NC23CCCCC3)cc1. The van der Waals surface area contributed by atoms with Crippen LogP contribution in [0.25, 0.3) is 0 Å². The molecule has 1 aromatic carbocycles. The zero-order valence-corrected chi connectivity index (χ0v) is 13.5. The van der Waals surface area contributed by atoms with E-state index in [9.17, 15) is 4.79 Å². The molecule has 8 heteroatoms. The summed E-state index contributed by atoms with van der Waals surface area (Å²) >= 11 is 0. The van der Waals surface area contributed by atoms with Gasteiger partial charge in [-0.25, -0.2) is 9.79 Å². The Balaban J connectivity index is 1.88. The summed E-state index contributed by atoms with van der Waals surface area (Å²) in [5.41, 5.74) is 18.6. The third-order valence-corrected chi connectivity index (χ3v) is 4.51. The second kappa shape index (κ2) is 6.38. The molecule has 2 amide bonds. The van der Waals surface area contributed by atoms with Crippen molar-refractivity contribution in [2.45, 2.75) is 44.3 Å². The third kappa shape index (κ3) is 3.12. The monoisotopic (exact) mass is 329 g/mol. The predicted octanol–water partition coefficient (Wildman–Crippen LogP) is 0.965. The molecule has 3 rings (SSSR count). The van der Waals surface area contributed by atoms with Crippen molar-refractivity contribution < 1.29 is 4.79 Å². The largest absolute Gasteiger partial charge is 0.369 e. The van der Waals surface area contributed by atoms with Crippen LogP contribution < -0.4 is 27.4 Å². The average Bonchev–Trinajstić information content (AvgIpc) is 2.54. The fraction of sp³-hybridized carbons (Fsp3) is 0.438. The first-order valence-corrected chi connectivity index (χ1v) is 8.12. The Kier molecular flexibility index (Phi) is 4.28. The van der Waals surface area contributed by atoms with Gasteiger partial charge in [-0.2, -0.15) is 4.99 Å². The summed E-state index contributed by atoms with van der Waals surface area (Å²) in [5.74, 6) is 0.611. The molecule has 1 saturated carbocycles. The normalized spacial score (nSPS) is 19.6. The molecule has 1 fully saturated rings. The summed E-state index contributed by atoms with van der Waals surface area (Å²) in [6.07, 6.45) is 5.16.